The lowest BCUT2D eigenvalue weighted by molar-refractivity contribution is 0.264. The first kappa shape index (κ1) is 25.5. The molecule has 0 amide bonds. The molecule has 0 radical (unpaired) electrons. The van der Waals surface area contributed by atoms with E-state index in [4.69, 9.17) is 0 Å². The van der Waals surface area contributed by atoms with Crippen molar-refractivity contribution in [3.05, 3.63) is 89.4 Å². The summed E-state index contributed by atoms with van der Waals surface area (Å²) < 4.78 is 0. The fourth-order valence-corrected chi connectivity index (χ4v) is 4.52. The first-order chi connectivity index (χ1) is 17.3. The van der Waals surface area contributed by atoms with Gasteiger partial charge in [0.05, 0.1) is 5.69 Å². The summed E-state index contributed by atoms with van der Waals surface area (Å²) >= 11 is 0. The molecular weight excluding hydrogens is 432 g/mol. The van der Waals surface area contributed by atoms with Crippen LogP contribution in [0.25, 0.3) is 0 Å². The summed E-state index contributed by atoms with van der Waals surface area (Å²) in [5.41, 5.74) is 5.10. The van der Waals surface area contributed by atoms with Gasteiger partial charge in [-0.15, -0.1) is 0 Å². The number of aliphatic imine (C=N–C) groups is 1. The van der Waals surface area contributed by atoms with E-state index >= 15 is 0 Å². The summed E-state index contributed by atoms with van der Waals surface area (Å²) in [6.07, 6.45) is 13.8. The largest absolute Gasteiger partial charge is 0.315 e. The van der Waals surface area contributed by atoms with Gasteiger partial charge in [0.2, 0.25) is 0 Å². The molecule has 3 heterocycles. The number of nitrogens with one attached hydrogen (secondary N) is 3. The molecule has 0 spiro atoms. The highest BCUT2D eigenvalue weighted by atomic mass is 15.1. The lowest BCUT2D eigenvalue weighted by atomic mass is 9.95. The lowest BCUT2D eigenvalue weighted by Gasteiger charge is -2.24. The molecule has 2 aliphatic rings. The molecule has 6 nitrogen and oxygen atoms in total. The number of aromatic nitrogens is 1. The third-order valence-electron chi connectivity index (χ3n) is 6.55. The van der Waals surface area contributed by atoms with Crippen molar-refractivity contribution in [1.29, 1.82) is 0 Å². The Hall–Kier alpha value is -2.64. The Morgan fingerprint density at radius 3 is 2.57 bits per heavy atom. The van der Waals surface area contributed by atoms with E-state index in [-0.39, 0.29) is 0 Å². The van der Waals surface area contributed by atoms with Crippen LogP contribution in [0.4, 0.5) is 0 Å². The summed E-state index contributed by atoms with van der Waals surface area (Å²) in [5.74, 6) is 0.547. The zero-order valence-electron chi connectivity index (χ0n) is 20.8. The van der Waals surface area contributed by atoms with Crippen LogP contribution in [-0.4, -0.2) is 55.4 Å². The van der Waals surface area contributed by atoms with Gasteiger partial charge in [-0.1, -0.05) is 42.5 Å². The molecule has 1 atom stereocenters. The number of pyridine rings is 1. The smallest absolute Gasteiger partial charge is 0.0541 e. The maximum absolute atomic E-state index is 4.46. The van der Waals surface area contributed by atoms with Crippen molar-refractivity contribution < 1.29 is 0 Å². The van der Waals surface area contributed by atoms with Crippen LogP contribution in [0.5, 0.6) is 0 Å². The van der Waals surface area contributed by atoms with Crippen LogP contribution >= 0.6 is 0 Å². The van der Waals surface area contributed by atoms with Crippen LogP contribution in [0.2, 0.25) is 0 Å². The molecule has 35 heavy (non-hydrogen) atoms. The maximum Gasteiger partial charge on any atom is 0.0541 e. The van der Waals surface area contributed by atoms with Gasteiger partial charge in [-0.2, -0.15) is 0 Å². The van der Waals surface area contributed by atoms with Gasteiger partial charge in [0, 0.05) is 64.4 Å². The SMILES string of the molecule is C1=NC=C2/C=C\CCNCCN(Cc3ccc(CNCc4ccccn4)cc3)CCNCCC1C2. The van der Waals surface area contributed by atoms with E-state index in [1.807, 2.05) is 24.5 Å². The Morgan fingerprint density at radius 2 is 1.74 bits per heavy atom. The highest BCUT2D eigenvalue weighted by molar-refractivity contribution is 5.64. The van der Waals surface area contributed by atoms with E-state index in [0.29, 0.717) is 5.92 Å². The topological polar surface area (TPSA) is 64.6 Å². The fourth-order valence-electron chi connectivity index (χ4n) is 4.52. The average Bonchev–Trinajstić information content (AvgIpc) is 2.89. The molecule has 0 saturated heterocycles. The van der Waals surface area contributed by atoms with Crippen molar-refractivity contribution >= 4 is 6.21 Å². The van der Waals surface area contributed by atoms with Gasteiger partial charge in [-0.25, -0.2) is 0 Å². The van der Waals surface area contributed by atoms with E-state index in [1.165, 1.54) is 16.7 Å². The zero-order chi connectivity index (χ0) is 24.0. The number of nitrogens with zero attached hydrogens (tertiary/aromatic N) is 3. The molecular formula is C29H40N6. The van der Waals surface area contributed by atoms with Crippen molar-refractivity contribution in [2.24, 2.45) is 10.9 Å². The van der Waals surface area contributed by atoms with E-state index in [9.17, 15) is 0 Å². The molecule has 0 fully saturated rings. The van der Waals surface area contributed by atoms with Gasteiger partial charge in [-0.3, -0.25) is 14.9 Å². The normalized spacial score (nSPS) is 21.4. The van der Waals surface area contributed by atoms with Crippen molar-refractivity contribution in [2.45, 2.75) is 38.9 Å². The van der Waals surface area contributed by atoms with Crippen molar-refractivity contribution in [2.75, 3.05) is 39.3 Å². The molecule has 1 unspecified atom stereocenters. The van der Waals surface area contributed by atoms with Crippen LogP contribution in [0.3, 0.4) is 0 Å². The number of rotatable bonds is 6. The van der Waals surface area contributed by atoms with E-state index < -0.39 is 0 Å². The van der Waals surface area contributed by atoms with Crippen molar-refractivity contribution in [3.8, 4) is 0 Å². The predicted molar refractivity (Wildman–Crippen MR) is 145 cm³/mol. The second-order valence-corrected chi connectivity index (χ2v) is 9.46. The lowest BCUT2D eigenvalue weighted by Crippen LogP contribution is -2.37. The number of benzene rings is 1. The molecule has 1 aromatic carbocycles. The summed E-state index contributed by atoms with van der Waals surface area (Å²) in [7, 11) is 0. The monoisotopic (exact) mass is 472 g/mol. The minimum atomic E-state index is 0.547. The minimum Gasteiger partial charge on any atom is -0.315 e. The highest BCUT2D eigenvalue weighted by Gasteiger charge is 2.11. The van der Waals surface area contributed by atoms with Crippen LogP contribution in [0.15, 0.2) is 77.6 Å². The van der Waals surface area contributed by atoms with Crippen LogP contribution in [-0.2, 0) is 19.6 Å². The average molecular weight is 473 g/mol. The number of fused-ring (bicyclic) bond motifs is 2. The van der Waals surface area contributed by atoms with Crippen molar-refractivity contribution in [3.63, 3.8) is 0 Å². The Morgan fingerprint density at radius 1 is 0.914 bits per heavy atom. The molecule has 4 rings (SSSR count). The molecule has 2 aromatic rings. The predicted octanol–water partition coefficient (Wildman–Crippen LogP) is 3.68. The Bertz CT molecular complexity index is 951. The van der Waals surface area contributed by atoms with E-state index in [1.54, 1.807) is 0 Å². The van der Waals surface area contributed by atoms with Crippen LogP contribution in [0.1, 0.15) is 36.1 Å². The molecule has 3 N–H and O–H groups in total. The van der Waals surface area contributed by atoms with Gasteiger partial charge in [0.15, 0.2) is 0 Å². The maximum atomic E-state index is 4.46. The molecule has 2 aliphatic heterocycles. The standard InChI is InChI=1S/C29H40N6/c1-3-12-30-15-17-35(18-16-31-14-11-28-19-27(5-1)21-32-22-28)24-26-9-7-25(8-10-26)20-33-23-29-6-2-4-13-34-29/h1-2,4-10,13,21-22,28,30-31,33H,3,11-12,14-20,23-24H2/b5-1-. The Labute approximate surface area is 210 Å². The van der Waals surface area contributed by atoms with Gasteiger partial charge >= 0.3 is 0 Å². The summed E-state index contributed by atoms with van der Waals surface area (Å²) in [6.45, 7) is 8.82. The second-order valence-electron chi connectivity index (χ2n) is 9.46. The summed E-state index contributed by atoms with van der Waals surface area (Å²) in [6, 6.07) is 15.1. The van der Waals surface area contributed by atoms with Gasteiger partial charge in [0.25, 0.3) is 0 Å². The van der Waals surface area contributed by atoms with E-state index in [0.717, 1.165) is 83.9 Å². The third-order valence-corrected chi connectivity index (χ3v) is 6.55. The molecule has 186 valence electrons. The van der Waals surface area contributed by atoms with Gasteiger partial charge < -0.3 is 16.0 Å². The number of allylic oxidation sites excluding steroid dienone is 2. The highest BCUT2D eigenvalue weighted by Crippen LogP contribution is 2.19. The van der Waals surface area contributed by atoms with E-state index in [2.05, 4.69) is 79.5 Å². The molecule has 0 saturated carbocycles. The summed E-state index contributed by atoms with van der Waals surface area (Å²) in [4.78, 5) is 11.4. The second kappa shape index (κ2) is 14.7. The quantitative estimate of drug-likeness (QED) is 0.599. The van der Waals surface area contributed by atoms with Gasteiger partial charge in [0.1, 0.15) is 0 Å². The Kier molecular flexibility index (Phi) is 10.7. The van der Waals surface area contributed by atoms with Crippen LogP contribution < -0.4 is 16.0 Å². The molecule has 2 bridgehead atoms. The third kappa shape index (κ3) is 9.49. The first-order valence-electron chi connectivity index (χ1n) is 13.1. The molecule has 6 heteroatoms. The van der Waals surface area contributed by atoms with Gasteiger partial charge in [-0.05, 0) is 67.1 Å². The zero-order valence-corrected chi connectivity index (χ0v) is 20.8. The Balaban J connectivity index is 1.24. The number of hydrogen-bond acceptors (Lipinski definition) is 6. The van der Waals surface area contributed by atoms with Crippen molar-refractivity contribution in [1.82, 2.24) is 25.8 Å². The molecule has 1 aromatic heterocycles. The first-order valence-corrected chi connectivity index (χ1v) is 13.1. The van der Waals surface area contributed by atoms with Crippen LogP contribution in [0, 0.1) is 5.92 Å². The fraction of sp³-hybridized carbons (Fsp3) is 0.448. The summed E-state index contributed by atoms with van der Waals surface area (Å²) in [5, 5.41) is 10.7. The molecule has 0 aliphatic carbocycles. The minimum absolute atomic E-state index is 0.547. The number of hydrogen-bond donors (Lipinski definition) is 3.